The molecular weight excluding hydrogens is 370 g/mol. The van der Waals surface area contributed by atoms with E-state index in [2.05, 4.69) is 21.2 Å². The molecule has 0 aliphatic heterocycles. The molecule has 0 saturated carbocycles. The van der Waals surface area contributed by atoms with Gasteiger partial charge in [0.25, 0.3) is 0 Å². The summed E-state index contributed by atoms with van der Waals surface area (Å²) >= 11 is 3.43. The molecule has 0 heterocycles. The van der Waals surface area contributed by atoms with Gasteiger partial charge in [0.05, 0.1) is 12.3 Å². The number of halogens is 1. The van der Waals surface area contributed by atoms with Gasteiger partial charge in [-0.05, 0) is 43.5 Å². The molecule has 0 saturated heterocycles. The lowest BCUT2D eigenvalue weighted by Crippen LogP contribution is -2.27. The van der Waals surface area contributed by atoms with E-state index in [0.717, 1.165) is 21.2 Å². The van der Waals surface area contributed by atoms with Crippen LogP contribution in [0.5, 0.6) is 0 Å². The topological polar surface area (TPSA) is 66.4 Å². The molecule has 5 heteroatoms. The van der Waals surface area contributed by atoms with Crippen LogP contribution in [0.15, 0.2) is 46.9 Å². The predicted molar refractivity (Wildman–Crippen MR) is 98.1 cm³/mol. The quantitative estimate of drug-likeness (QED) is 0.771. The number of carbonyl (C=O) groups excluding carboxylic acids is 1. The normalized spacial score (nSPS) is 11.8. The fourth-order valence-corrected chi connectivity index (χ4v) is 2.89. The monoisotopic (exact) mass is 389 g/mol. The Bertz CT molecular complexity index is 758. The minimum absolute atomic E-state index is 0.202. The molecule has 0 fully saturated rings. The molecule has 126 valence electrons. The highest BCUT2D eigenvalue weighted by Gasteiger charge is 2.22. The first-order valence-corrected chi connectivity index (χ1v) is 8.49. The van der Waals surface area contributed by atoms with Crippen LogP contribution in [0.25, 0.3) is 0 Å². The second-order valence-electron chi connectivity index (χ2n) is 5.94. The Balaban J connectivity index is 2.15. The van der Waals surface area contributed by atoms with Gasteiger partial charge in [0.1, 0.15) is 0 Å². The van der Waals surface area contributed by atoms with Crippen molar-refractivity contribution in [2.24, 2.45) is 5.92 Å². The first-order valence-electron chi connectivity index (χ1n) is 7.69. The third-order valence-electron chi connectivity index (χ3n) is 3.80. The minimum atomic E-state index is -0.979. The van der Waals surface area contributed by atoms with Crippen molar-refractivity contribution in [1.29, 1.82) is 0 Å². The number of carboxylic acid groups (broad SMARTS) is 1. The van der Waals surface area contributed by atoms with Crippen LogP contribution in [0.4, 0.5) is 5.69 Å². The minimum Gasteiger partial charge on any atom is -0.481 e. The smallest absolute Gasteiger partial charge is 0.304 e. The van der Waals surface area contributed by atoms with E-state index in [0.29, 0.717) is 12.1 Å². The van der Waals surface area contributed by atoms with Gasteiger partial charge in [0.2, 0.25) is 5.91 Å². The highest BCUT2D eigenvalue weighted by atomic mass is 79.9. The van der Waals surface area contributed by atoms with Crippen molar-refractivity contribution >= 4 is 33.5 Å². The molecule has 2 rings (SSSR count). The standard InChI is InChI=1S/C19H20BrNO3/c1-12-4-3-5-14(8-12)9-15(10-18(22)23)19(24)21-16-7-6-13(2)17(20)11-16/h3-8,11,15H,9-10H2,1-2H3,(H,21,24)(H,22,23). The Morgan fingerprint density at radius 3 is 2.54 bits per heavy atom. The summed E-state index contributed by atoms with van der Waals surface area (Å²) in [7, 11) is 0. The van der Waals surface area contributed by atoms with Gasteiger partial charge >= 0.3 is 5.97 Å². The summed E-state index contributed by atoms with van der Waals surface area (Å²) < 4.78 is 0.897. The molecule has 2 aromatic carbocycles. The average molecular weight is 390 g/mol. The zero-order valence-corrected chi connectivity index (χ0v) is 15.3. The van der Waals surface area contributed by atoms with E-state index in [4.69, 9.17) is 5.11 Å². The first kappa shape index (κ1) is 18.2. The highest BCUT2D eigenvalue weighted by Crippen LogP contribution is 2.22. The Kier molecular flexibility index (Phi) is 6.15. The Morgan fingerprint density at radius 1 is 1.17 bits per heavy atom. The lowest BCUT2D eigenvalue weighted by Gasteiger charge is -2.16. The SMILES string of the molecule is Cc1cccc(CC(CC(=O)O)C(=O)Nc2ccc(C)c(Br)c2)c1. The third-order valence-corrected chi connectivity index (χ3v) is 4.65. The van der Waals surface area contributed by atoms with Crippen molar-refractivity contribution in [1.82, 2.24) is 0 Å². The molecule has 0 aliphatic carbocycles. The molecule has 2 N–H and O–H groups in total. The number of amides is 1. The summed E-state index contributed by atoms with van der Waals surface area (Å²) in [5.41, 5.74) is 3.76. The molecule has 4 nitrogen and oxygen atoms in total. The lowest BCUT2D eigenvalue weighted by atomic mass is 9.94. The van der Waals surface area contributed by atoms with Crippen LogP contribution >= 0.6 is 15.9 Å². The van der Waals surface area contributed by atoms with Gasteiger partial charge in [-0.2, -0.15) is 0 Å². The Hall–Kier alpha value is -2.14. The molecule has 24 heavy (non-hydrogen) atoms. The van der Waals surface area contributed by atoms with Crippen molar-refractivity contribution in [3.63, 3.8) is 0 Å². The van der Waals surface area contributed by atoms with Crippen LogP contribution in [0.1, 0.15) is 23.1 Å². The van der Waals surface area contributed by atoms with Crippen LogP contribution in [0, 0.1) is 19.8 Å². The van der Waals surface area contributed by atoms with Crippen molar-refractivity contribution < 1.29 is 14.7 Å². The van der Waals surface area contributed by atoms with E-state index in [-0.39, 0.29) is 12.3 Å². The van der Waals surface area contributed by atoms with Gasteiger partial charge in [0, 0.05) is 10.2 Å². The molecule has 1 amide bonds. The number of carboxylic acids is 1. The number of rotatable bonds is 6. The Morgan fingerprint density at radius 2 is 1.92 bits per heavy atom. The molecule has 1 unspecified atom stereocenters. The van der Waals surface area contributed by atoms with E-state index in [9.17, 15) is 9.59 Å². The maximum Gasteiger partial charge on any atom is 0.304 e. The van der Waals surface area contributed by atoms with Crippen LogP contribution in [0.2, 0.25) is 0 Å². The fourth-order valence-electron chi connectivity index (χ4n) is 2.51. The fraction of sp³-hybridized carbons (Fsp3) is 0.263. The summed E-state index contributed by atoms with van der Waals surface area (Å²) in [6, 6.07) is 13.3. The van der Waals surface area contributed by atoms with Gasteiger partial charge < -0.3 is 10.4 Å². The Labute approximate surface area is 150 Å². The van der Waals surface area contributed by atoms with Gasteiger partial charge in [-0.1, -0.05) is 51.8 Å². The summed E-state index contributed by atoms with van der Waals surface area (Å²) in [4.78, 5) is 23.7. The second kappa shape index (κ2) is 8.11. The van der Waals surface area contributed by atoms with E-state index < -0.39 is 11.9 Å². The molecule has 0 aromatic heterocycles. The third kappa shape index (κ3) is 5.20. The van der Waals surface area contributed by atoms with Gasteiger partial charge in [-0.15, -0.1) is 0 Å². The number of benzene rings is 2. The predicted octanol–water partition coefficient (Wildman–Crippen LogP) is 4.34. The number of aliphatic carboxylic acids is 1. The molecular formula is C19H20BrNO3. The van der Waals surface area contributed by atoms with E-state index >= 15 is 0 Å². The molecule has 0 bridgehead atoms. The first-order chi connectivity index (χ1) is 11.3. The summed E-state index contributed by atoms with van der Waals surface area (Å²) in [5.74, 6) is -1.88. The van der Waals surface area contributed by atoms with Crippen LogP contribution in [-0.4, -0.2) is 17.0 Å². The maximum atomic E-state index is 12.5. The van der Waals surface area contributed by atoms with Gasteiger partial charge in [0.15, 0.2) is 0 Å². The number of anilines is 1. The zero-order valence-electron chi connectivity index (χ0n) is 13.7. The van der Waals surface area contributed by atoms with Crippen LogP contribution < -0.4 is 5.32 Å². The number of aryl methyl sites for hydroxylation is 2. The number of nitrogens with one attached hydrogen (secondary N) is 1. The van der Waals surface area contributed by atoms with Crippen LogP contribution in [-0.2, 0) is 16.0 Å². The van der Waals surface area contributed by atoms with Gasteiger partial charge in [-0.3, -0.25) is 9.59 Å². The summed E-state index contributed by atoms with van der Waals surface area (Å²) in [6.07, 6.45) is 0.194. The molecule has 1 atom stereocenters. The maximum absolute atomic E-state index is 12.5. The highest BCUT2D eigenvalue weighted by molar-refractivity contribution is 9.10. The van der Waals surface area contributed by atoms with E-state index in [1.165, 1.54) is 0 Å². The van der Waals surface area contributed by atoms with Gasteiger partial charge in [-0.25, -0.2) is 0 Å². The van der Waals surface area contributed by atoms with Crippen LogP contribution in [0.3, 0.4) is 0 Å². The summed E-state index contributed by atoms with van der Waals surface area (Å²) in [6.45, 7) is 3.93. The number of hydrogen-bond donors (Lipinski definition) is 2. The summed E-state index contributed by atoms with van der Waals surface area (Å²) in [5, 5.41) is 11.9. The van der Waals surface area contributed by atoms with E-state index in [1.807, 2.05) is 56.3 Å². The largest absolute Gasteiger partial charge is 0.481 e. The van der Waals surface area contributed by atoms with Crippen molar-refractivity contribution in [2.45, 2.75) is 26.7 Å². The van der Waals surface area contributed by atoms with E-state index in [1.54, 1.807) is 0 Å². The van der Waals surface area contributed by atoms with Crippen molar-refractivity contribution in [3.8, 4) is 0 Å². The molecule has 0 spiro atoms. The number of carbonyl (C=O) groups is 2. The van der Waals surface area contributed by atoms with Crippen molar-refractivity contribution in [2.75, 3.05) is 5.32 Å². The molecule has 0 radical (unpaired) electrons. The lowest BCUT2D eigenvalue weighted by molar-refractivity contribution is -0.140. The zero-order chi connectivity index (χ0) is 17.7. The van der Waals surface area contributed by atoms with Crippen molar-refractivity contribution in [3.05, 3.63) is 63.6 Å². The molecule has 2 aromatic rings. The number of hydrogen-bond acceptors (Lipinski definition) is 2. The molecule has 0 aliphatic rings. The second-order valence-corrected chi connectivity index (χ2v) is 6.80. The average Bonchev–Trinajstić information content (AvgIpc) is 2.50.